The zero-order chi connectivity index (χ0) is 23.3. The van der Waals surface area contributed by atoms with Gasteiger partial charge in [0.05, 0.1) is 29.4 Å². The number of nitrogens with zero attached hydrogens (tertiary/aromatic N) is 3. The van der Waals surface area contributed by atoms with E-state index in [0.29, 0.717) is 10.6 Å². The fourth-order valence-electron chi connectivity index (χ4n) is 3.51. The molecule has 1 aliphatic rings. The topological polar surface area (TPSA) is 122 Å². The van der Waals surface area contributed by atoms with Crippen molar-refractivity contribution in [2.45, 2.75) is 31.7 Å². The number of esters is 1. The molecule has 0 saturated carbocycles. The molecule has 2 heterocycles. The van der Waals surface area contributed by atoms with Crippen LogP contribution in [0.25, 0.3) is 0 Å². The maximum atomic E-state index is 13.0. The Morgan fingerprint density at radius 2 is 1.97 bits per heavy atom. The summed E-state index contributed by atoms with van der Waals surface area (Å²) >= 11 is 1.27. The molecule has 1 aliphatic heterocycles. The number of carbonyl (C=O) groups is 1. The maximum Gasteiger partial charge on any atom is 0.338 e. The summed E-state index contributed by atoms with van der Waals surface area (Å²) in [7, 11) is 0. The Kier molecular flexibility index (Phi) is 7.19. The van der Waals surface area contributed by atoms with Gasteiger partial charge in [0.1, 0.15) is 28.5 Å². The lowest BCUT2D eigenvalue weighted by molar-refractivity contribution is -0.139. The van der Waals surface area contributed by atoms with Crippen molar-refractivity contribution in [2.24, 2.45) is 5.73 Å². The van der Waals surface area contributed by atoms with Crippen LogP contribution >= 0.6 is 11.8 Å². The van der Waals surface area contributed by atoms with Crippen LogP contribution in [0.4, 0.5) is 0 Å². The van der Waals surface area contributed by atoms with Gasteiger partial charge >= 0.3 is 5.97 Å². The van der Waals surface area contributed by atoms with E-state index in [2.05, 4.69) is 17.1 Å². The SMILES string of the molecule is CCOC(=O)C1=C(CSc2nc(C)cc(C)c2C#N)OC(N)=C(C#N)C1c1ccccc1. The molecule has 0 bridgehead atoms. The number of hydrogen-bond donors (Lipinski definition) is 1. The van der Waals surface area contributed by atoms with Crippen molar-refractivity contribution < 1.29 is 14.3 Å². The molecule has 1 aromatic heterocycles. The Morgan fingerprint density at radius 3 is 2.59 bits per heavy atom. The second-order valence-corrected chi connectivity index (χ2v) is 8.02. The van der Waals surface area contributed by atoms with E-state index in [4.69, 9.17) is 15.2 Å². The number of carbonyl (C=O) groups excluding carboxylic acids is 1. The monoisotopic (exact) mass is 446 g/mol. The fourth-order valence-corrected chi connectivity index (χ4v) is 4.56. The first-order valence-corrected chi connectivity index (χ1v) is 10.9. The number of hydrogen-bond acceptors (Lipinski definition) is 8. The molecule has 0 fully saturated rings. The first-order chi connectivity index (χ1) is 15.4. The number of aryl methyl sites for hydroxylation is 2. The average Bonchev–Trinajstić information content (AvgIpc) is 2.77. The molecule has 8 heteroatoms. The summed E-state index contributed by atoms with van der Waals surface area (Å²) in [6, 6.07) is 15.3. The lowest BCUT2D eigenvalue weighted by Gasteiger charge is -2.28. The van der Waals surface area contributed by atoms with Gasteiger partial charge in [-0.3, -0.25) is 0 Å². The standard InChI is InChI=1S/C24H22N4O3S/c1-4-30-24(29)21-19(13-32-23-17(11-25)14(2)10-15(3)28-23)31-22(27)18(12-26)20(21)16-8-6-5-7-9-16/h5-10,20H,4,13,27H2,1-3H3. The highest BCUT2D eigenvalue weighted by Crippen LogP contribution is 2.41. The van der Waals surface area contributed by atoms with Crippen LogP contribution in [-0.4, -0.2) is 23.3 Å². The van der Waals surface area contributed by atoms with Crippen LogP contribution in [0.3, 0.4) is 0 Å². The smallest absolute Gasteiger partial charge is 0.338 e. The van der Waals surface area contributed by atoms with Crippen molar-refractivity contribution in [3.8, 4) is 12.1 Å². The van der Waals surface area contributed by atoms with Gasteiger partial charge in [-0.05, 0) is 38.0 Å². The molecule has 0 aliphatic carbocycles. The van der Waals surface area contributed by atoms with Crippen LogP contribution in [-0.2, 0) is 14.3 Å². The van der Waals surface area contributed by atoms with Gasteiger partial charge in [-0.2, -0.15) is 10.5 Å². The molecule has 1 atom stereocenters. The Labute approximate surface area is 191 Å². The van der Waals surface area contributed by atoms with E-state index in [1.54, 1.807) is 6.92 Å². The number of nitriles is 2. The van der Waals surface area contributed by atoms with Gasteiger partial charge in [-0.1, -0.05) is 42.1 Å². The van der Waals surface area contributed by atoms with Crippen LogP contribution in [0.2, 0.25) is 0 Å². The molecule has 3 rings (SSSR count). The molecule has 2 N–H and O–H groups in total. The average molecular weight is 447 g/mol. The summed E-state index contributed by atoms with van der Waals surface area (Å²) in [5.74, 6) is -0.887. The van der Waals surface area contributed by atoms with E-state index in [9.17, 15) is 15.3 Å². The second kappa shape index (κ2) is 10.0. The number of allylic oxidation sites excluding steroid dienone is 1. The summed E-state index contributed by atoms with van der Waals surface area (Å²) in [6.45, 7) is 5.58. The Bertz CT molecular complexity index is 1190. The molecule has 2 aromatic rings. The highest BCUT2D eigenvalue weighted by atomic mass is 32.2. The quantitative estimate of drug-likeness (QED) is 0.522. The molecule has 32 heavy (non-hydrogen) atoms. The minimum Gasteiger partial charge on any atom is -0.463 e. The lowest BCUT2D eigenvalue weighted by atomic mass is 9.83. The number of aromatic nitrogens is 1. The molecule has 1 unspecified atom stereocenters. The zero-order valence-corrected chi connectivity index (χ0v) is 18.8. The summed E-state index contributed by atoms with van der Waals surface area (Å²) in [5, 5.41) is 19.8. The van der Waals surface area contributed by atoms with Crippen LogP contribution in [0.15, 0.2) is 64.2 Å². The number of ether oxygens (including phenoxy) is 2. The Balaban J connectivity index is 2.10. The van der Waals surface area contributed by atoms with E-state index >= 15 is 0 Å². The minimum atomic E-state index is -0.716. The molecule has 162 valence electrons. The fraction of sp³-hybridized carbons (Fsp3) is 0.250. The summed E-state index contributed by atoms with van der Waals surface area (Å²) in [6.07, 6.45) is 0. The van der Waals surface area contributed by atoms with Gasteiger partial charge in [-0.25, -0.2) is 9.78 Å². The van der Waals surface area contributed by atoms with E-state index in [1.165, 1.54) is 11.8 Å². The van der Waals surface area contributed by atoms with Crippen molar-refractivity contribution in [3.05, 3.63) is 81.6 Å². The van der Waals surface area contributed by atoms with Gasteiger partial charge in [0.25, 0.3) is 0 Å². The molecule has 0 radical (unpaired) electrons. The van der Waals surface area contributed by atoms with Crippen LogP contribution in [0, 0.1) is 36.5 Å². The van der Waals surface area contributed by atoms with Gasteiger partial charge in [0.15, 0.2) is 0 Å². The summed E-state index contributed by atoms with van der Waals surface area (Å²) < 4.78 is 11.1. The van der Waals surface area contributed by atoms with Gasteiger partial charge in [0, 0.05) is 5.69 Å². The molecular weight excluding hydrogens is 424 g/mol. The van der Waals surface area contributed by atoms with Gasteiger partial charge in [0.2, 0.25) is 5.88 Å². The third-order valence-electron chi connectivity index (χ3n) is 4.89. The van der Waals surface area contributed by atoms with Crippen LogP contribution < -0.4 is 5.73 Å². The predicted molar refractivity (Wildman–Crippen MR) is 120 cm³/mol. The zero-order valence-electron chi connectivity index (χ0n) is 18.0. The largest absolute Gasteiger partial charge is 0.463 e. The predicted octanol–water partition coefficient (Wildman–Crippen LogP) is 3.99. The number of pyridine rings is 1. The first kappa shape index (κ1) is 22.9. The molecule has 0 spiro atoms. The molecule has 0 saturated heterocycles. The highest BCUT2D eigenvalue weighted by Gasteiger charge is 2.37. The van der Waals surface area contributed by atoms with Crippen molar-refractivity contribution in [1.82, 2.24) is 4.98 Å². The molecule has 7 nitrogen and oxygen atoms in total. The number of rotatable bonds is 6. The highest BCUT2D eigenvalue weighted by molar-refractivity contribution is 7.99. The number of nitrogens with two attached hydrogens (primary N) is 1. The Morgan fingerprint density at radius 1 is 1.25 bits per heavy atom. The summed E-state index contributed by atoms with van der Waals surface area (Å²) in [4.78, 5) is 17.5. The van der Waals surface area contributed by atoms with E-state index in [-0.39, 0.29) is 35.1 Å². The van der Waals surface area contributed by atoms with Gasteiger partial charge < -0.3 is 15.2 Å². The van der Waals surface area contributed by atoms with E-state index in [1.807, 2.05) is 50.2 Å². The maximum absolute atomic E-state index is 13.0. The first-order valence-electron chi connectivity index (χ1n) is 9.95. The van der Waals surface area contributed by atoms with Crippen LogP contribution in [0.5, 0.6) is 0 Å². The normalized spacial score (nSPS) is 15.6. The number of benzene rings is 1. The Hall–Kier alpha value is -3.75. The minimum absolute atomic E-state index is 0.0566. The van der Waals surface area contributed by atoms with Crippen LogP contribution in [0.1, 0.15) is 35.2 Å². The van der Waals surface area contributed by atoms with E-state index < -0.39 is 11.9 Å². The van der Waals surface area contributed by atoms with Gasteiger partial charge in [-0.15, -0.1) is 0 Å². The molecule has 0 amide bonds. The van der Waals surface area contributed by atoms with Crippen molar-refractivity contribution in [1.29, 1.82) is 10.5 Å². The second-order valence-electron chi connectivity index (χ2n) is 7.05. The summed E-state index contributed by atoms with van der Waals surface area (Å²) in [5.41, 5.74) is 9.25. The van der Waals surface area contributed by atoms with Crippen molar-refractivity contribution in [3.63, 3.8) is 0 Å². The van der Waals surface area contributed by atoms with Crippen molar-refractivity contribution in [2.75, 3.05) is 12.4 Å². The molecular formula is C24H22N4O3S. The lowest BCUT2D eigenvalue weighted by Crippen LogP contribution is -2.27. The third kappa shape index (κ3) is 4.61. The van der Waals surface area contributed by atoms with E-state index in [0.717, 1.165) is 16.8 Å². The third-order valence-corrected chi connectivity index (χ3v) is 5.86. The number of thioether (sulfide) groups is 1. The van der Waals surface area contributed by atoms with Crippen molar-refractivity contribution >= 4 is 17.7 Å². The molecule has 1 aromatic carbocycles.